The number of benzene rings is 4. The molecule has 0 amide bonds. The summed E-state index contributed by atoms with van der Waals surface area (Å²) in [6.07, 6.45) is 0.839. The van der Waals surface area contributed by atoms with E-state index in [0.717, 1.165) is 23.2 Å². The summed E-state index contributed by atoms with van der Waals surface area (Å²) in [4.78, 5) is 5.18. The second-order valence-electron chi connectivity index (χ2n) is 7.92. The standard InChI is InChI=1S/C29H25NO3Se/c1-31-24-17-23(18-25(32-2)28(24)33-3)29-27(22-14-13-20-11-7-8-12-21(20)16-22)30-26(34-29)15-19-9-5-4-6-10-19/h4-14,16-18H,15H2,1-3H3. The molecule has 0 saturated heterocycles. The summed E-state index contributed by atoms with van der Waals surface area (Å²) < 4.78 is 19.2. The van der Waals surface area contributed by atoms with Crippen LogP contribution < -0.4 is 14.2 Å². The fourth-order valence-electron chi connectivity index (χ4n) is 4.15. The number of hydrogen-bond donors (Lipinski definition) is 0. The molecule has 0 unspecified atom stereocenters. The van der Waals surface area contributed by atoms with Crippen molar-refractivity contribution in [2.45, 2.75) is 6.42 Å². The normalized spacial score (nSPS) is 10.9. The van der Waals surface area contributed by atoms with Crippen molar-refractivity contribution in [2.75, 3.05) is 21.3 Å². The zero-order chi connectivity index (χ0) is 23.5. The van der Waals surface area contributed by atoms with Gasteiger partial charge in [-0.05, 0) is 0 Å². The van der Waals surface area contributed by atoms with E-state index in [-0.39, 0.29) is 14.5 Å². The number of aromatic nitrogens is 1. The van der Waals surface area contributed by atoms with Gasteiger partial charge in [0.25, 0.3) is 0 Å². The predicted molar refractivity (Wildman–Crippen MR) is 138 cm³/mol. The first-order valence-corrected chi connectivity index (χ1v) is 12.7. The van der Waals surface area contributed by atoms with Crippen molar-refractivity contribution in [1.29, 1.82) is 0 Å². The molecular formula is C29H25NO3Se. The molecule has 0 aliphatic rings. The van der Waals surface area contributed by atoms with E-state index in [1.807, 2.05) is 18.2 Å². The first-order valence-electron chi connectivity index (χ1n) is 11.0. The van der Waals surface area contributed by atoms with E-state index in [0.29, 0.717) is 17.2 Å². The molecule has 4 nitrogen and oxygen atoms in total. The van der Waals surface area contributed by atoms with E-state index in [1.165, 1.54) is 25.3 Å². The van der Waals surface area contributed by atoms with Gasteiger partial charge in [-0.1, -0.05) is 0 Å². The molecule has 4 aromatic carbocycles. The van der Waals surface area contributed by atoms with Gasteiger partial charge in [0.2, 0.25) is 0 Å². The summed E-state index contributed by atoms with van der Waals surface area (Å²) in [6, 6.07) is 29.6. The van der Waals surface area contributed by atoms with E-state index in [2.05, 4.69) is 66.7 Å². The van der Waals surface area contributed by atoms with Gasteiger partial charge in [0.15, 0.2) is 0 Å². The summed E-state index contributed by atoms with van der Waals surface area (Å²) in [7, 11) is 4.92. The van der Waals surface area contributed by atoms with Crippen LogP contribution in [0.5, 0.6) is 17.2 Å². The Morgan fingerprint density at radius 2 is 1.35 bits per heavy atom. The molecule has 5 heteroatoms. The van der Waals surface area contributed by atoms with E-state index >= 15 is 0 Å². The average molecular weight is 514 g/mol. The predicted octanol–water partition coefficient (Wildman–Crippen LogP) is 6.24. The minimum atomic E-state index is 0.0570. The molecule has 0 aliphatic heterocycles. The molecule has 0 spiro atoms. The molecule has 1 heterocycles. The molecule has 5 aromatic rings. The number of nitrogens with zero attached hydrogens (tertiary/aromatic N) is 1. The van der Waals surface area contributed by atoms with Gasteiger partial charge in [-0.2, -0.15) is 0 Å². The van der Waals surface area contributed by atoms with Crippen LogP contribution in [0.4, 0.5) is 0 Å². The van der Waals surface area contributed by atoms with Crippen LogP contribution in [0.25, 0.3) is 32.0 Å². The Kier molecular flexibility index (Phi) is 6.39. The molecule has 170 valence electrons. The second kappa shape index (κ2) is 9.76. The fourth-order valence-corrected chi connectivity index (χ4v) is 6.47. The third-order valence-electron chi connectivity index (χ3n) is 5.82. The molecule has 0 fully saturated rings. The van der Waals surface area contributed by atoms with Gasteiger partial charge in [0, 0.05) is 0 Å². The van der Waals surface area contributed by atoms with E-state index in [4.69, 9.17) is 19.2 Å². The fraction of sp³-hybridized carbons (Fsp3) is 0.138. The van der Waals surface area contributed by atoms with Crippen LogP contribution in [0.15, 0.2) is 84.9 Å². The third kappa shape index (κ3) is 4.33. The Labute approximate surface area is 205 Å². The Bertz CT molecular complexity index is 1420. The molecule has 34 heavy (non-hydrogen) atoms. The van der Waals surface area contributed by atoms with Crippen LogP contribution in [0.2, 0.25) is 0 Å². The van der Waals surface area contributed by atoms with Gasteiger partial charge >= 0.3 is 206 Å². The summed E-state index contributed by atoms with van der Waals surface area (Å²) >= 11 is 0.0570. The minimum absolute atomic E-state index is 0.0570. The molecule has 0 N–H and O–H groups in total. The Hall–Kier alpha value is -3.53. The van der Waals surface area contributed by atoms with E-state index in [9.17, 15) is 0 Å². The van der Waals surface area contributed by atoms with E-state index < -0.39 is 0 Å². The average Bonchev–Trinajstić information content (AvgIpc) is 3.31. The summed E-state index contributed by atoms with van der Waals surface area (Å²) in [5.74, 6) is 1.89. The van der Waals surface area contributed by atoms with Gasteiger partial charge < -0.3 is 0 Å². The van der Waals surface area contributed by atoms with Crippen molar-refractivity contribution in [3.05, 3.63) is 95.1 Å². The first-order chi connectivity index (χ1) is 16.7. The van der Waals surface area contributed by atoms with Crippen molar-refractivity contribution in [2.24, 2.45) is 0 Å². The van der Waals surface area contributed by atoms with Crippen LogP contribution in [-0.4, -0.2) is 40.8 Å². The van der Waals surface area contributed by atoms with Crippen molar-refractivity contribution in [3.63, 3.8) is 0 Å². The van der Waals surface area contributed by atoms with Gasteiger partial charge in [-0.15, -0.1) is 0 Å². The SMILES string of the molecule is COc1cc(-c2[se]c(Cc3ccccc3)nc2-c2ccc3ccccc3c2)cc(OC)c1OC. The Morgan fingerprint density at radius 3 is 2.03 bits per heavy atom. The maximum absolute atomic E-state index is 5.64. The van der Waals surface area contributed by atoms with Crippen molar-refractivity contribution >= 4 is 25.3 Å². The Balaban J connectivity index is 1.69. The van der Waals surface area contributed by atoms with Gasteiger partial charge in [-0.3, -0.25) is 0 Å². The van der Waals surface area contributed by atoms with Crippen molar-refractivity contribution < 1.29 is 14.2 Å². The van der Waals surface area contributed by atoms with Crippen LogP contribution in [0.3, 0.4) is 0 Å². The number of hydrogen-bond acceptors (Lipinski definition) is 4. The molecule has 5 rings (SSSR count). The molecular weight excluding hydrogens is 489 g/mol. The summed E-state index contributed by atoms with van der Waals surface area (Å²) in [5.41, 5.74) is 4.45. The van der Waals surface area contributed by atoms with Crippen LogP contribution in [0.1, 0.15) is 10.1 Å². The summed E-state index contributed by atoms with van der Waals surface area (Å²) in [6.45, 7) is 0. The molecule has 1 aromatic heterocycles. The van der Waals surface area contributed by atoms with Crippen molar-refractivity contribution in [3.8, 4) is 38.5 Å². The zero-order valence-corrected chi connectivity index (χ0v) is 21.1. The van der Waals surface area contributed by atoms with Crippen LogP contribution >= 0.6 is 0 Å². The topological polar surface area (TPSA) is 40.6 Å². The van der Waals surface area contributed by atoms with Gasteiger partial charge in [0.05, 0.1) is 0 Å². The zero-order valence-electron chi connectivity index (χ0n) is 19.4. The van der Waals surface area contributed by atoms with E-state index in [1.54, 1.807) is 21.3 Å². The van der Waals surface area contributed by atoms with Crippen molar-refractivity contribution in [1.82, 2.24) is 4.98 Å². The maximum atomic E-state index is 5.64. The molecule has 0 aliphatic carbocycles. The van der Waals surface area contributed by atoms with Gasteiger partial charge in [-0.25, -0.2) is 0 Å². The molecule has 0 saturated carbocycles. The molecule has 0 radical (unpaired) electrons. The molecule has 0 bridgehead atoms. The Morgan fingerprint density at radius 1 is 0.676 bits per heavy atom. The quantitative estimate of drug-likeness (QED) is 0.241. The number of methoxy groups -OCH3 is 3. The number of ether oxygens (including phenoxy) is 3. The van der Waals surface area contributed by atoms with Crippen LogP contribution in [-0.2, 0) is 6.42 Å². The first kappa shape index (κ1) is 22.3. The number of fused-ring (bicyclic) bond motifs is 1. The van der Waals surface area contributed by atoms with Gasteiger partial charge in [0.1, 0.15) is 0 Å². The third-order valence-corrected chi connectivity index (χ3v) is 8.14. The summed E-state index contributed by atoms with van der Waals surface area (Å²) in [5, 5.41) is 2.43. The monoisotopic (exact) mass is 515 g/mol. The second-order valence-corrected chi connectivity index (χ2v) is 10.2. The van der Waals surface area contributed by atoms with Crippen LogP contribution in [0, 0.1) is 0 Å². The molecule has 0 atom stereocenters. The number of rotatable bonds is 7.